The van der Waals surface area contributed by atoms with Crippen LogP contribution in [0, 0.1) is 10.1 Å². The highest BCUT2D eigenvalue weighted by Gasteiger charge is 2.24. The number of nitrogens with zero attached hydrogens (tertiary/aromatic N) is 5. The molecule has 0 saturated carbocycles. The average Bonchev–Trinajstić information content (AvgIpc) is 2.93. The minimum Gasteiger partial charge on any atom is -0.393 e. The summed E-state index contributed by atoms with van der Waals surface area (Å²) in [5.74, 6) is 0.482. The molecule has 0 unspecified atom stereocenters. The van der Waals surface area contributed by atoms with E-state index in [4.69, 9.17) is 5.73 Å². The Morgan fingerprint density at radius 2 is 2.19 bits per heavy atom. The molecule has 0 aliphatic carbocycles. The van der Waals surface area contributed by atoms with E-state index in [0.29, 0.717) is 31.0 Å². The van der Waals surface area contributed by atoms with Gasteiger partial charge in [0.05, 0.1) is 11.5 Å². The SMILES string of the molecule is Nc1cc(C(=O)N2CCn3cnnc3C2)ccc1[N+](=O)[O-]. The van der Waals surface area contributed by atoms with Gasteiger partial charge < -0.3 is 15.2 Å². The van der Waals surface area contributed by atoms with Crippen LogP contribution in [0.4, 0.5) is 11.4 Å². The Morgan fingerprint density at radius 3 is 2.90 bits per heavy atom. The molecule has 9 nitrogen and oxygen atoms in total. The van der Waals surface area contributed by atoms with Crippen molar-refractivity contribution in [2.75, 3.05) is 12.3 Å². The molecule has 1 aromatic carbocycles. The molecule has 1 aliphatic heterocycles. The highest BCUT2D eigenvalue weighted by atomic mass is 16.6. The van der Waals surface area contributed by atoms with Gasteiger partial charge in [0, 0.05) is 24.7 Å². The van der Waals surface area contributed by atoms with Crippen molar-refractivity contribution in [1.82, 2.24) is 19.7 Å². The fourth-order valence-electron chi connectivity index (χ4n) is 2.28. The highest BCUT2D eigenvalue weighted by molar-refractivity contribution is 5.95. The standard InChI is InChI=1S/C12H12N6O3/c13-9-5-8(1-2-10(9)18(20)21)12(19)16-3-4-17-7-14-15-11(17)6-16/h1-2,5,7H,3-4,6,13H2. The molecule has 0 spiro atoms. The summed E-state index contributed by atoms with van der Waals surface area (Å²) in [4.78, 5) is 24.2. The predicted molar refractivity (Wildman–Crippen MR) is 72.3 cm³/mol. The van der Waals surface area contributed by atoms with E-state index in [1.54, 1.807) is 11.2 Å². The van der Waals surface area contributed by atoms with Gasteiger partial charge in [-0.3, -0.25) is 14.9 Å². The maximum absolute atomic E-state index is 12.4. The quantitative estimate of drug-likeness (QED) is 0.486. The second-order valence-electron chi connectivity index (χ2n) is 4.70. The van der Waals surface area contributed by atoms with Crippen molar-refractivity contribution in [3.05, 3.63) is 46.0 Å². The molecule has 0 atom stereocenters. The molecule has 2 aromatic rings. The molecule has 21 heavy (non-hydrogen) atoms. The second-order valence-corrected chi connectivity index (χ2v) is 4.70. The Kier molecular flexibility index (Phi) is 3.01. The topological polar surface area (TPSA) is 120 Å². The number of nitro groups is 1. The third-order valence-electron chi connectivity index (χ3n) is 3.40. The molecule has 1 aromatic heterocycles. The zero-order valence-corrected chi connectivity index (χ0v) is 11.0. The van der Waals surface area contributed by atoms with Crippen molar-refractivity contribution >= 4 is 17.3 Å². The molecule has 108 valence electrons. The number of anilines is 1. The first-order valence-electron chi connectivity index (χ1n) is 6.26. The van der Waals surface area contributed by atoms with E-state index in [1.807, 2.05) is 4.57 Å². The lowest BCUT2D eigenvalue weighted by Crippen LogP contribution is -2.38. The minimum atomic E-state index is -0.576. The first-order valence-corrected chi connectivity index (χ1v) is 6.26. The number of amides is 1. The lowest BCUT2D eigenvalue weighted by Gasteiger charge is -2.27. The van der Waals surface area contributed by atoms with Crippen LogP contribution in [0.3, 0.4) is 0 Å². The van der Waals surface area contributed by atoms with Crippen LogP contribution in [0.15, 0.2) is 24.5 Å². The molecule has 0 bridgehead atoms. The maximum atomic E-state index is 12.4. The number of hydrogen-bond acceptors (Lipinski definition) is 6. The summed E-state index contributed by atoms with van der Waals surface area (Å²) >= 11 is 0. The molecule has 0 radical (unpaired) electrons. The average molecular weight is 288 g/mol. The summed E-state index contributed by atoms with van der Waals surface area (Å²) in [7, 11) is 0. The lowest BCUT2D eigenvalue weighted by atomic mass is 10.1. The molecule has 1 aliphatic rings. The van der Waals surface area contributed by atoms with Crippen LogP contribution in [0.5, 0.6) is 0 Å². The second kappa shape index (κ2) is 4.85. The van der Waals surface area contributed by atoms with Crippen LogP contribution >= 0.6 is 0 Å². The summed E-state index contributed by atoms with van der Waals surface area (Å²) < 4.78 is 1.88. The number of rotatable bonds is 2. The van der Waals surface area contributed by atoms with Gasteiger partial charge in [0.1, 0.15) is 12.0 Å². The number of aromatic nitrogens is 3. The number of fused-ring (bicyclic) bond motifs is 1. The van der Waals surface area contributed by atoms with Crippen molar-refractivity contribution in [1.29, 1.82) is 0 Å². The van der Waals surface area contributed by atoms with Gasteiger partial charge in [-0.15, -0.1) is 10.2 Å². The van der Waals surface area contributed by atoms with Gasteiger partial charge in [0.25, 0.3) is 11.6 Å². The largest absolute Gasteiger partial charge is 0.393 e. The summed E-state index contributed by atoms with van der Waals surface area (Å²) in [6, 6.07) is 3.99. The first kappa shape index (κ1) is 13.0. The number of benzene rings is 1. The van der Waals surface area contributed by atoms with E-state index in [2.05, 4.69) is 10.2 Å². The highest BCUT2D eigenvalue weighted by Crippen LogP contribution is 2.23. The molecule has 9 heteroatoms. The fraction of sp³-hybridized carbons (Fsp3) is 0.250. The predicted octanol–water partition coefficient (Wildman–Crippen LogP) is 0.424. The van der Waals surface area contributed by atoms with Gasteiger partial charge in [0.15, 0.2) is 5.82 Å². The van der Waals surface area contributed by atoms with Gasteiger partial charge in [-0.05, 0) is 12.1 Å². The minimum absolute atomic E-state index is 0.0222. The van der Waals surface area contributed by atoms with E-state index in [1.165, 1.54) is 18.2 Å². The Labute approximate surface area is 119 Å². The zero-order chi connectivity index (χ0) is 15.0. The Balaban J connectivity index is 1.83. The smallest absolute Gasteiger partial charge is 0.292 e. The molecule has 0 fully saturated rings. The number of nitrogens with two attached hydrogens (primary N) is 1. The zero-order valence-electron chi connectivity index (χ0n) is 11.0. The van der Waals surface area contributed by atoms with Gasteiger partial charge in [0.2, 0.25) is 0 Å². The fourth-order valence-corrected chi connectivity index (χ4v) is 2.28. The van der Waals surface area contributed by atoms with Crippen LogP contribution in [-0.4, -0.2) is 37.0 Å². The summed E-state index contributed by atoms with van der Waals surface area (Å²) in [5, 5.41) is 18.5. The number of nitro benzene ring substituents is 1. The molecule has 0 saturated heterocycles. The van der Waals surface area contributed by atoms with E-state index in [0.717, 1.165) is 0 Å². The lowest BCUT2D eigenvalue weighted by molar-refractivity contribution is -0.383. The monoisotopic (exact) mass is 288 g/mol. The van der Waals surface area contributed by atoms with Crippen molar-refractivity contribution in [2.45, 2.75) is 13.1 Å². The van der Waals surface area contributed by atoms with Gasteiger partial charge >= 0.3 is 0 Å². The number of hydrogen-bond donors (Lipinski definition) is 1. The van der Waals surface area contributed by atoms with E-state index in [-0.39, 0.29) is 17.3 Å². The van der Waals surface area contributed by atoms with E-state index < -0.39 is 4.92 Å². The first-order chi connectivity index (χ1) is 10.1. The Morgan fingerprint density at radius 1 is 1.38 bits per heavy atom. The third kappa shape index (κ3) is 2.29. The van der Waals surface area contributed by atoms with Crippen molar-refractivity contribution in [2.24, 2.45) is 0 Å². The van der Waals surface area contributed by atoms with Gasteiger partial charge in [-0.25, -0.2) is 0 Å². The number of carbonyl (C=O) groups is 1. The molecule has 1 amide bonds. The molecule has 3 rings (SSSR count). The Hall–Kier alpha value is -2.97. The van der Waals surface area contributed by atoms with E-state index in [9.17, 15) is 14.9 Å². The van der Waals surface area contributed by atoms with Gasteiger partial charge in [-0.2, -0.15) is 0 Å². The van der Waals surface area contributed by atoms with Crippen molar-refractivity contribution in [3.63, 3.8) is 0 Å². The number of nitrogen functional groups attached to an aromatic ring is 1. The molecule has 2 heterocycles. The van der Waals surface area contributed by atoms with Crippen LogP contribution < -0.4 is 5.73 Å². The van der Waals surface area contributed by atoms with Crippen LogP contribution in [0.25, 0.3) is 0 Å². The van der Waals surface area contributed by atoms with Crippen LogP contribution in [0.2, 0.25) is 0 Å². The molecular formula is C12H12N6O3. The van der Waals surface area contributed by atoms with Crippen molar-refractivity contribution in [3.8, 4) is 0 Å². The Bertz CT molecular complexity index is 726. The van der Waals surface area contributed by atoms with Crippen LogP contribution in [0.1, 0.15) is 16.2 Å². The van der Waals surface area contributed by atoms with Gasteiger partial charge in [-0.1, -0.05) is 0 Å². The van der Waals surface area contributed by atoms with Crippen molar-refractivity contribution < 1.29 is 9.72 Å². The van der Waals surface area contributed by atoms with E-state index >= 15 is 0 Å². The summed E-state index contributed by atoms with van der Waals surface area (Å²) in [5.41, 5.74) is 5.71. The normalized spacial score (nSPS) is 13.8. The number of carbonyl (C=O) groups excluding carboxylic acids is 1. The molecule has 2 N–H and O–H groups in total. The summed E-state index contributed by atoms with van der Waals surface area (Å²) in [6.07, 6.45) is 1.63. The third-order valence-corrected chi connectivity index (χ3v) is 3.40. The van der Waals surface area contributed by atoms with Crippen LogP contribution in [-0.2, 0) is 13.1 Å². The summed E-state index contributed by atoms with van der Waals surface area (Å²) in [6.45, 7) is 1.51. The maximum Gasteiger partial charge on any atom is 0.292 e. The molecular weight excluding hydrogens is 276 g/mol.